The zero-order valence-corrected chi connectivity index (χ0v) is 14.4. The maximum absolute atomic E-state index is 12.7. The van der Waals surface area contributed by atoms with E-state index < -0.39 is 0 Å². The van der Waals surface area contributed by atoms with Gasteiger partial charge in [-0.25, -0.2) is 4.98 Å². The Labute approximate surface area is 146 Å². The third-order valence-electron chi connectivity index (χ3n) is 4.98. The quantitative estimate of drug-likeness (QED) is 0.830. The summed E-state index contributed by atoms with van der Waals surface area (Å²) in [7, 11) is 1.53. The van der Waals surface area contributed by atoms with Gasteiger partial charge in [0.05, 0.1) is 7.11 Å². The Morgan fingerprint density at radius 2 is 2.12 bits per heavy atom. The number of ether oxygens (including phenoxy) is 1. The van der Waals surface area contributed by atoms with Crippen LogP contribution in [0.1, 0.15) is 53.7 Å². The highest BCUT2D eigenvalue weighted by Gasteiger charge is 2.31. The molecule has 0 radical (unpaired) electrons. The van der Waals surface area contributed by atoms with E-state index in [4.69, 9.17) is 9.26 Å². The molecule has 2 fully saturated rings. The zero-order valence-electron chi connectivity index (χ0n) is 14.4. The van der Waals surface area contributed by atoms with Gasteiger partial charge in [0, 0.05) is 31.6 Å². The van der Waals surface area contributed by atoms with E-state index in [1.165, 1.54) is 20.0 Å². The number of aromatic nitrogens is 3. The van der Waals surface area contributed by atoms with Crippen LogP contribution in [0.3, 0.4) is 0 Å². The van der Waals surface area contributed by atoms with E-state index in [1.54, 1.807) is 18.3 Å². The molecular weight excluding hydrogens is 320 g/mol. The second-order valence-corrected chi connectivity index (χ2v) is 6.82. The summed E-state index contributed by atoms with van der Waals surface area (Å²) >= 11 is 0. The van der Waals surface area contributed by atoms with Crippen molar-refractivity contribution in [1.82, 2.24) is 20.0 Å². The minimum Gasteiger partial charge on any atom is -0.480 e. The molecule has 4 rings (SSSR count). The maximum atomic E-state index is 12.7. The molecule has 2 aromatic heterocycles. The van der Waals surface area contributed by atoms with Gasteiger partial charge in [-0.2, -0.15) is 4.98 Å². The Morgan fingerprint density at radius 3 is 2.84 bits per heavy atom. The van der Waals surface area contributed by atoms with Crippen molar-refractivity contribution in [2.75, 3.05) is 20.2 Å². The molecule has 1 aliphatic carbocycles. The molecule has 0 atom stereocenters. The third-order valence-corrected chi connectivity index (χ3v) is 4.98. The summed E-state index contributed by atoms with van der Waals surface area (Å²) in [4.78, 5) is 23.2. The van der Waals surface area contributed by atoms with E-state index in [0.29, 0.717) is 23.3 Å². The van der Waals surface area contributed by atoms with E-state index in [-0.39, 0.29) is 5.91 Å². The molecule has 0 spiro atoms. The van der Waals surface area contributed by atoms with Gasteiger partial charge < -0.3 is 14.2 Å². The lowest BCUT2D eigenvalue weighted by atomic mass is 9.93. The van der Waals surface area contributed by atoms with Crippen molar-refractivity contribution in [3.05, 3.63) is 35.6 Å². The van der Waals surface area contributed by atoms with E-state index in [9.17, 15) is 4.79 Å². The molecule has 2 aliphatic rings. The van der Waals surface area contributed by atoms with Crippen LogP contribution in [0.15, 0.2) is 22.9 Å². The zero-order chi connectivity index (χ0) is 17.2. The summed E-state index contributed by atoms with van der Waals surface area (Å²) in [6.07, 6.45) is 6.68. The molecule has 1 saturated heterocycles. The number of hydrogen-bond acceptors (Lipinski definition) is 6. The number of likely N-dealkylation sites (tertiary alicyclic amines) is 1. The molecule has 1 saturated carbocycles. The molecule has 1 aliphatic heterocycles. The molecule has 0 unspecified atom stereocenters. The van der Waals surface area contributed by atoms with Crippen molar-refractivity contribution >= 4 is 5.91 Å². The molecule has 2 aromatic rings. The highest BCUT2D eigenvalue weighted by Crippen LogP contribution is 2.39. The van der Waals surface area contributed by atoms with Crippen LogP contribution in [0.2, 0.25) is 0 Å². The van der Waals surface area contributed by atoms with E-state index in [0.717, 1.165) is 44.1 Å². The Balaban J connectivity index is 1.33. The maximum Gasteiger partial charge on any atom is 0.259 e. The van der Waals surface area contributed by atoms with Gasteiger partial charge in [-0.15, -0.1) is 0 Å². The van der Waals surface area contributed by atoms with Crippen LogP contribution in [0.25, 0.3) is 0 Å². The fourth-order valence-corrected chi connectivity index (χ4v) is 3.33. The molecule has 1 amide bonds. The second kappa shape index (κ2) is 6.82. The minimum absolute atomic E-state index is 0.0148. The first-order valence-corrected chi connectivity index (χ1v) is 8.85. The number of hydrogen-bond donors (Lipinski definition) is 0. The lowest BCUT2D eigenvalue weighted by Gasteiger charge is -2.31. The molecule has 0 bridgehead atoms. The average molecular weight is 342 g/mol. The number of nitrogens with zero attached hydrogens (tertiary/aromatic N) is 4. The number of piperidine rings is 1. The summed E-state index contributed by atoms with van der Waals surface area (Å²) in [5.74, 6) is 2.96. The van der Waals surface area contributed by atoms with Crippen LogP contribution in [0.5, 0.6) is 5.88 Å². The van der Waals surface area contributed by atoms with Gasteiger partial charge in [-0.1, -0.05) is 5.16 Å². The smallest absolute Gasteiger partial charge is 0.259 e. The van der Waals surface area contributed by atoms with Crippen LogP contribution in [-0.2, 0) is 6.42 Å². The van der Waals surface area contributed by atoms with Crippen molar-refractivity contribution < 1.29 is 14.1 Å². The van der Waals surface area contributed by atoms with Gasteiger partial charge in [0.1, 0.15) is 5.56 Å². The number of amides is 1. The van der Waals surface area contributed by atoms with Gasteiger partial charge in [0.2, 0.25) is 11.8 Å². The Bertz CT molecular complexity index is 748. The number of carbonyl (C=O) groups is 1. The van der Waals surface area contributed by atoms with Gasteiger partial charge in [0.15, 0.2) is 5.82 Å². The summed E-state index contributed by atoms with van der Waals surface area (Å²) in [5.41, 5.74) is 0.524. The third kappa shape index (κ3) is 3.50. The highest BCUT2D eigenvalue weighted by molar-refractivity contribution is 5.96. The minimum atomic E-state index is -0.0148. The van der Waals surface area contributed by atoms with Crippen LogP contribution in [0, 0.1) is 5.92 Å². The Kier molecular flexibility index (Phi) is 4.38. The number of methoxy groups -OCH3 is 1. The van der Waals surface area contributed by atoms with Crippen molar-refractivity contribution in [2.24, 2.45) is 5.92 Å². The molecule has 25 heavy (non-hydrogen) atoms. The summed E-state index contributed by atoms with van der Waals surface area (Å²) < 4.78 is 10.5. The fourth-order valence-electron chi connectivity index (χ4n) is 3.33. The SMILES string of the molecule is COc1ncccc1C(=O)N1CCC(Cc2noc(C3CC3)n2)CC1. The van der Waals surface area contributed by atoms with Gasteiger partial charge >= 0.3 is 0 Å². The predicted octanol–water partition coefficient (Wildman–Crippen LogP) is 2.45. The van der Waals surface area contributed by atoms with E-state index >= 15 is 0 Å². The summed E-state index contributed by atoms with van der Waals surface area (Å²) in [6.45, 7) is 1.46. The Morgan fingerprint density at radius 1 is 1.32 bits per heavy atom. The lowest BCUT2D eigenvalue weighted by Crippen LogP contribution is -2.39. The molecule has 7 heteroatoms. The Hall–Kier alpha value is -2.44. The number of pyridine rings is 1. The normalized spacial score (nSPS) is 18.4. The molecule has 7 nitrogen and oxygen atoms in total. The van der Waals surface area contributed by atoms with Crippen molar-refractivity contribution in [3.8, 4) is 5.88 Å². The number of carbonyl (C=O) groups excluding carboxylic acids is 1. The highest BCUT2D eigenvalue weighted by atomic mass is 16.5. The van der Waals surface area contributed by atoms with Crippen LogP contribution in [0.4, 0.5) is 0 Å². The first kappa shape index (κ1) is 16.1. The lowest BCUT2D eigenvalue weighted by molar-refractivity contribution is 0.0685. The van der Waals surface area contributed by atoms with Crippen LogP contribution < -0.4 is 4.74 Å². The monoisotopic (exact) mass is 342 g/mol. The van der Waals surface area contributed by atoms with Crippen LogP contribution >= 0.6 is 0 Å². The largest absolute Gasteiger partial charge is 0.480 e. The summed E-state index contributed by atoms with van der Waals surface area (Å²) in [6, 6.07) is 3.52. The molecule has 132 valence electrons. The van der Waals surface area contributed by atoms with Crippen molar-refractivity contribution in [2.45, 2.75) is 38.0 Å². The topological polar surface area (TPSA) is 81.4 Å². The van der Waals surface area contributed by atoms with Crippen molar-refractivity contribution in [1.29, 1.82) is 0 Å². The average Bonchev–Trinajstić information content (AvgIpc) is 3.41. The first-order chi connectivity index (χ1) is 12.2. The van der Waals surface area contributed by atoms with Gasteiger partial charge in [-0.3, -0.25) is 4.79 Å². The van der Waals surface area contributed by atoms with Crippen LogP contribution in [-0.4, -0.2) is 46.1 Å². The molecule has 0 aromatic carbocycles. The predicted molar refractivity (Wildman–Crippen MR) is 89.4 cm³/mol. The second-order valence-electron chi connectivity index (χ2n) is 6.82. The van der Waals surface area contributed by atoms with Gasteiger partial charge in [-0.05, 0) is 43.7 Å². The standard InChI is InChI=1S/C18H22N4O3/c1-24-17-14(3-2-8-19-17)18(23)22-9-6-12(7-10-22)11-15-20-16(25-21-15)13-4-5-13/h2-3,8,12-13H,4-7,9-11H2,1H3. The van der Waals surface area contributed by atoms with Crippen molar-refractivity contribution in [3.63, 3.8) is 0 Å². The van der Waals surface area contributed by atoms with Gasteiger partial charge in [0.25, 0.3) is 5.91 Å². The first-order valence-electron chi connectivity index (χ1n) is 8.85. The number of rotatable bonds is 5. The summed E-state index contributed by atoms with van der Waals surface area (Å²) in [5, 5.41) is 4.10. The van der Waals surface area contributed by atoms with E-state index in [1.807, 2.05) is 4.90 Å². The molecule has 0 N–H and O–H groups in total. The molecule has 3 heterocycles. The van der Waals surface area contributed by atoms with E-state index in [2.05, 4.69) is 15.1 Å². The molecular formula is C18H22N4O3. The fraction of sp³-hybridized carbons (Fsp3) is 0.556.